The molecule has 3 heteroatoms. The molecule has 0 atom stereocenters. The third-order valence-electron chi connectivity index (χ3n) is 2.85. The Labute approximate surface area is 137 Å². The van der Waals surface area contributed by atoms with Gasteiger partial charge in [-0.3, -0.25) is 4.79 Å². The minimum atomic E-state index is -0.765. The largest absolute Gasteiger partial charge is 0.481 e. The van der Waals surface area contributed by atoms with Crippen LogP contribution in [0.15, 0.2) is 0 Å². The fourth-order valence-electron chi connectivity index (χ4n) is 1.72. The number of halogens is 1. The van der Waals surface area contributed by atoms with Gasteiger partial charge in [-0.1, -0.05) is 43.4 Å². The Morgan fingerprint density at radius 2 is 1.24 bits per heavy atom. The van der Waals surface area contributed by atoms with E-state index in [2.05, 4.69) is 50.4 Å². The van der Waals surface area contributed by atoms with E-state index in [0.717, 1.165) is 19.3 Å². The highest BCUT2D eigenvalue weighted by molar-refractivity contribution is 9.12. The molecule has 0 aliphatic carbocycles. The fraction of sp³-hybridized carbons (Fsp3) is 0.611. The van der Waals surface area contributed by atoms with Crippen LogP contribution in [0.2, 0.25) is 0 Å². The van der Waals surface area contributed by atoms with Crippen molar-refractivity contribution >= 4 is 21.9 Å². The zero-order valence-corrected chi connectivity index (χ0v) is 14.1. The molecule has 114 valence electrons. The fourth-order valence-corrected chi connectivity index (χ4v) is 1.92. The van der Waals surface area contributed by atoms with Gasteiger partial charge < -0.3 is 5.11 Å². The van der Waals surface area contributed by atoms with E-state index in [1.807, 2.05) is 0 Å². The summed E-state index contributed by atoms with van der Waals surface area (Å²) < 4.78 is 0. The van der Waals surface area contributed by atoms with Crippen LogP contribution in [0.3, 0.4) is 0 Å². The average molecular weight is 351 g/mol. The lowest BCUT2D eigenvalue weighted by Crippen LogP contribution is -1.92. The maximum absolute atomic E-state index is 10.3. The van der Waals surface area contributed by atoms with Crippen molar-refractivity contribution in [3.8, 4) is 34.4 Å². The monoisotopic (exact) mass is 350 g/mol. The first-order valence-corrected chi connectivity index (χ1v) is 8.32. The van der Waals surface area contributed by atoms with Crippen LogP contribution >= 0.6 is 15.9 Å². The molecule has 0 aromatic rings. The number of hydrogen-bond acceptors (Lipinski definition) is 1. The van der Waals surface area contributed by atoms with Gasteiger partial charge in [0.15, 0.2) is 0 Å². The van der Waals surface area contributed by atoms with Crippen molar-refractivity contribution in [2.45, 2.75) is 70.6 Å². The average Bonchev–Trinajstić information content (AvgIpc) is 2.46. The summed E-state index contributed by atoms with van der Waals surface area (Å²) in [7, 11) is 0. The predicted octanol–water partition coefficient (Wildman–Crippen LogP) is 4.72. The molecule has 0 radical (unpaired) electrons. The summed E-state index contributed by atoms with van der Waals surface area (Å²) in [5.74, 6) is 13.7. The highest BCUT2D eigenvalue weighted by Crippen LogP contribution is 2.07. The molecule has 0 saturated carbocycles. The molecule has 0 bridgehead atoms. The molecule has 0 spiro atoms. The number of carboxylic acid groups (broad SMARTS) is 1. The van der Waals surface area contributed by atoms with E-state index in [-0.39, 0.29) is 6.42 Å². The smallest absolute Gasteiger partial charge is 0.303 e. The minimum Gasteiger partial charge on any atom is -0.481 e. The Balaban J connectivity index is 3.31. The van der Waals surface area contributed by atoms with Crippen molar-refractivity contribution in [1.82, 2.24) is 0 Å². The first kappa shape index (κ1) is 19.6. The highest BCUT2D eigenvalue weighted by atomic mass is 79.9. The molecule has 0 amide bonds. The first-order valence-electron chi connectivity index (χ1n) is 7.53. The molecule has 0 fully saturated rings. The van der Waals surface area contributed by atoms with Gasteiger partial charge in [-0.05, 0) is 35.9 Å². The molecule has 0 aliphatic heterocycles. The molecule has 0 unspecified atom stereocenters. The molecule has 0 aromatic carbocycles. The van der Waals surface area contributed by atoms with Gasteiger partial charge in [-0.2, -0.15) is 0 Å². The van der Waals surface area contributed by atoms with Crippen LogP contribution in [0.4, 0.5) is 0 Å². The van der Waals surface area contributed by atoms with E-state index < -0.39 is 5.97 Å². The third kappa shape index (κ3) is 18.6. The van der Waals surface area contributed by atoms with E-state index in [4.69, 9.17) is 5.11 Å². The number of aliphatic carboxylic acids is 1. The van der Waals surface area contributed by atoms with Crippen molar-refractivity contribution < 1.29 is 9.90 Å². The van der Waals surface area contributed by atoms with Crippen molar-refractivity contribution in [2.24, 2.45) is 0 Å². The lowest BCUT2D eigenvalue weighted by Gasteiger charge is -1.97. The van der Waals surface area contributed by atoms with Crippen LogP contribution in [-0.2, 0) is 4.79 Å². The van der Waals surface area contributed by atoms with E-state index in [9.17, 15) is 4.79 Å². The first-order chi connectivity index (χ1) is 10.3. The Bertz CT molecular complexity index is 449. The normalized spacial score (nSPS) is 8.62. The van der Waals surface area contributed by atoms with Crippen molar-refractivity contribution in [2.75, 3.05) is 0 Å². The maximum Gasteiger partial charge on any atom is 0.303 e. The van der Waals surface area contributed by atoms with Gasteiger partial charge in [-0.25, -0.2) is 0 Å². The van der Waals surface area contributed by atoms with E-state index >= 15 is 0 Å². The van der Waals surface area contributed by atoms with Crippen LogP contribution in [0.25, 0.3) is 0 Å². The van der Waals surface area contributed by atoms with Crippen molar-refractivity contribution in [3.05, 3.63) is 0 Å². The van der Waals surface area contributed by atoms with Crippen LogP contribution in [-0.4, -0.2) is 11.1 Å². The van der Waals surface area contributed by atoms with Gasteiger partial charge in [0.05, 0.1) is 0 Å². The van der Waals surface area contributed by atoms with Gasteiger partial charge >= 0.3 is 5.97 Å². The Morgan fingerprint density at radius 3 is 1.76 bits per heavy atom. The molecule has 2 nitrogen and oxygen atoms in total. The predicted molar refractivity (Wildman–Crippen MR) is 90.7 cm³/mol. The molecule has 0 heterocycles. The molecule has 21 heavy (non-hydrogen) atoms. The molecular formula is C18H23BrO2. The van der Waals surface area contributed by atoms with Crippen LogP contribution in [0.1, 0.15) is 70.6 Å². The lowest BCUT2D eigenvalue weighted by atomic mass is 10.1. The highest BCUT2D eigenvalue weighted by Gasteiger charge is 1.92. The number of unbranched alkanes of at least 4 members (excludes halogenated alkanes) is 8. The molecule has 0 saturated heterocycles. The van der Waals surface area contributed by atoms with Crippen LogP contribution in [0, 0.1) is 34.4 Å². The number of carboxylic acids is 1. The van der Waals surface area contributed by atoms with Crippen LogP contribution < -0.4 is 0 Å². The summed E-state index contributed by atoms with van der Waals surface area (Å²) in [6.07, 6.45) is 10.6. The number of rotatable bonds is 10. The lowest BCUT2D eigenvalue weighted by molar-refractivity contribution is -0.137. The SMILES string of the molecule is O=C(O)CCCC#CC#CCCCCCCCCC#CBr. The zero-order chi connectivity index (χ0) is 15.6. The van der Waals surface area contributed by atoms with Crippen LogP contribution in [0.5, 0.6) is 0 Å². The maximum atomic E-state index is 10.3. The van der Waals surface area contributed by atoms with Crippen molar-refractivity contribution in [1.29, 1.82) is 0 Å². The Morgan fingerprint density at radius 1 is 0.762 bits per heavy atom. The molecule has 0 aliphatic rings. The molecule has 1 N–H and O–H groups in total. The van der Waals surface area contributed by atoms with E-state index in [1.54, 1.807) is 0 Å². The van der Waals surface area contributed by atoms with E-state index in [0.29, 0.717) is 12.8 Å². The van der Waals surface area contributed by atoms with Gasteiger partial charge in [-0.15, -0.1) is 0 Å². The van der Waals surface area contributed by atoms with E-state index in [1.165, 1.54) is 32.1 Å². The van der Waals surface area contributed by atoms with Gasteiger partial charge in [0, 0.05) is 41.6 Å². The summed E-state index contributed by atoms with van der Waals surface area (Å²) in [5, 5.41) is 8.44. The second-order valence-corrected chi connectivity index (χ2v) is 5.14. The summed E-state index contributed by atoms with van der Waals surface area (Å²) in [4.78, 5) is 13.0. The second-order valence-electron chi connectivity index (χ2n) is 4.74. The van der Waals surface area contributed by atoms with Gasteiger partial charge in [0.1, 0.15) is 0 Å². The molecular weight excluding hydrogens is 328 g/mol. The third-order valence-corrected chi connectivity index (χ3v) is 3.13. The Kier molecular flexibility index (Phi) is 15.6. The standard InChI is InChI=1S/C18H23BrO2/c19-17-15-13-11-9-7-5-3-1-2-4-6-8-10-12-14-16-18(20)21/h1-3,5,7,9,11-14,16H2,(H,20,21). The molecule has 0 rings (SSSR count). The zero-order valence-electron chi connectivity index (χ0n) is 12.5. The van der Waals surface area contributed by atoms with Gasteiger partial charge in [0.2, 0.25) is 0 Å². The van der Waals surface area contributed by atoms with Gasteiger partial charge in [0.25, 0.3) is 0 Å². The summed E-state index contributed by atoms with van der Waals surface area (Å²) >= 11 is 3.09. The van der Waals surface area contributed by atoms with Crippen molar-refractivity contribution in [3.63, 3.8) is 0 Å². The number of hydrogen-bond donors (Lipinski definition) is 1. The summed E-state index contributed by atoms with van der Waals surface area (Å²) in [5.41, 5.74) is 0. The summed E-state index contributed by atoms with van der Waals surface area (Å²) in [6.45, 7) is 0. The second kappa shape index (κ2) is 16.7. The quantitative estimate of drug-likeness (QED) is 0.457. The summed E-state index contributed by atoms with van der Waals surface area (Å²) in [6, 6.07) is 0. The topological polar surface area (TPSA) is 37.3 Å². The number of carbonyl (C=O) groups is 1. The molecule has 0 aromatic heterocycles. The Hall–Kier alpha value is -1.37. The minimum absolute atomic E-state index is 0.185.